The predicted molar refractivity (Wildman–Crippen MR) is 69.5 cm³/mol. The number of hydrogen-bond acceptors (Lipinski definition) is 2. The number of rotatable bonds is 3. The molecule has 0 amide bonds. The minimum atomic E-state index is -0.430. The second-order valence-corrected chi connectivity index (χ2v) is 5.06. The van der Waals surface area contributed by atoms with Crippen LogP contribution >= 0.6 is 11.8 Å². The van der Waals surface area contributed by atoms with Crippen LogP contribution in [0.2, 0.25) is 0 Å². The molecule has 94 valence electrons. The van der Waals surface area contributed by atoms with Gasteiger partial charge in [0.1, 0.15) is 11.6 Å². The van der Waals surface area contributed by atoms with E-state index in [4.69, 9.17) is 5.73 Å². The highest BCUT2D eigenvalue weighted by Gasteiger charge is 2.14. The fraction of sp³-hybridized carbons (Fsp3) is 0.143. The van der Waals surface area contributed by atoms with Crippen molar-refractivity contribution in [1.29, 1.82) is 0 Å². The van der Waals surface area contributed by atoms with Crippen LogP contribution in [0.1, 0.15) is 18.5 Å². The summed E-state index contributed by atoms with van der Waals surface area (Å²) in [4.78, 5) is 1.11. The number of nitrogens with two attached hydrogens (primary N) is 1. The Hall–Kier alpha value is -1.39. The molecule has 2 rings (SSSR count). The van der Waals surface area contributed by atoms with Gasteiger partial charge < -0.3 is 5.73 Å². The first-order valence-corrected chi connectivity index (χ1v) is 6.37. The average molecular weight is 265 g/mol. The van der Waals surface area contributed by atoms with E-state index in [0.717, 1.165) is 0 Å². The lowest BCUT2D eigenvalue weighted by atomic mass is 10.1. The lowest BCUT2D eigenvalue weighted by molar-refractivity contribution is 0.584. The summed E-state index contributed by atoms with van der Waals surface area (Å²) in [5.74, 6) is -0.672. The maximum Gasteiger partial charge on any atom is 0.137 e. The van der Waals surface area contributed by atoms with Crippen LogP contribution in [0.5, 0.6) is 0 Å². The molecule has 4 heteroatoms. The summed E-state index contributed by atoms with van der Waals surface area (Å²) in [6, 6.07) is 10.7. The number of hydrogen-bond donors (Lipinski definition) is 1. The van der Waals surface area contributed by atoms with Crippen molar-refractivity contribution < 1.29 is 8.78 Å². The number of benzene rings is 2. The summed E-state index contributed by atoms with van der Waals surface area (Å²) in [7, 11) is 0. The molecule has 0 aliphatic heterocycles. The monoisotopic (exact) mass is 265 g/mol. The molecule has 0 saturated carbocycles. The van der Waals surface area contributed by atoms with Gasteiger partial charge in [0.15, 0.2) is 0 Å². The molecule has 0 unspecified atom stereocenters. The van der Waals surface area contributed by atoms with E-state index in [1.54, 1.807) is 37.3 Å². The molecule has 0 fully saturated rings. The van der Waals surface area contributed by atoms with E-state index in [1.165, 1.54) is 23.9 Å². The van der Waals surface area contributed by atoms with Crippen molar-refractivity contribution in [1.82, 2.24) is 0 Å². The molecule has 0 saturated heterocycles. The van der Waals surface area contributed by atoms with E-state index in [0.29, 0.717) is 15.4 Å². The molecule has 0 bridgehead atoms. The smallest absolute Gasteiger partial charge is 0.137 e. The fourth-order valence-electron chi connectivity index (χ4n) is 1.69. The molecular formula is C14H13F2NS. The molecule has 0 aliphatic carbocycles. The zero-order chi connectivity index (χ0) is 13.1. The lowest BCUT2D eigenvalue weighted by Gasteiger charge is -2.13. The molecule has 2 N–H and O–H groups in total. The van der Waals surface area contributed by atoms with Crippen molar-refractivity contribution in [2.45, 2.75) is 22.8 Å². The summed E-state index contributed by atoms with van der Waals surface area (Å²) in [6.07, 6.45) is 0. The second kappa shape index (κ2) is 5.50. The zero-order valence-electron chi connectivity index (χ0n) is 9.86. The average Bonchev–Trinajstić information content (AvgIpc) is 2.31. The second-order valence-electron chi connectivity index (χ2n) is 3.97. The summed E-state index contributed by atoms with van der Waals surface area (Å²) in [5.41, 5.74) is 6.18. The minimum absolute atomic E-state index is 0.317. The molecule has 0 radical (unpaired) electrons. The molecule has 0 heterocycles. The first-order chi connectivity index (χ1) is 8.59. The van der Waals surface area contributed by atoms with E-state index in [2.05, 4.69) is 0 Å². The van der Waals surface area contributed by atoms with Crippen LogP contribution in [0.3, 0.4) is 0 Å². The van der Waals surface area contributed by atoms with Crippen LogP contribution in [-0.4, -0.2) is 0 Å². The van der Waals surface area contributed by atoms with Gasteiger partial charge in [-0.25, -0.2) is 8.78 Å². The van der Waals surface area contributed by atoms with Gasteiger partial charge in [0.05, 0.1) is 0 Å². The van der Waals surface area contributed by atoms with Gasteiger partial charge in [0.2, 0.25) is 0 Å². The SMILES string of the molecule is C[C@H](N)c1c(F)cccc1Sc1ccccc1F. The van der Waals surface area contributed by atoms with E-state index < -0.39 is 6.04 Å². The van der Waals surface area contributed by atoms with Crippen molar-refractivity contribution >= 4 is 11.8 Å². The fourth-order valence-corrected chi connectivity index (χ4v) is 2.78. The summed E-state index contributed by atoms with van der Waals surface area (Å²) >= 11 is 1.19. The largest absolute Gasteiger partial charge is 0.324 e. The highest BCUT2D eigenvalue weighted by Crippen LogP contribution is 2.35. The summed E-state index contributed by atoms with van der Waals surface area (Å²) < 4.78 is 27.3. The topological polar surface area (TPSA) is 26.0 Å². The Kier molecular flexibility index (Phi) is 3.99. The maximum atomic E-state index is 13.7. The molecule has 18 heavy (non-hydrogen) atoms. The predicted octanol–water partition coefficient (Wildman–Crippen LogP) is 4.14. The number of halogens is 2. The van der Waals surface area contributed by atoms with Gasteiger partial charge in [-0.1, -0.05) is 30.0 Å². The first kappa shape index (κ1) is 13.1. The molecule has 1 nitrogen and oxygen atoms in total. The van der Waals surface area contributed by atoms with Crippen molar-refractivity contribution in [2.24, 2.45) is 5.73 Å². The molecule has 2 aromatic rings. The van der Waals surface area contributed by atoms with E-state index in [-0.39, 0.29) is 11.6 Å². The zero-order valence-corrected chi connectivity index (χ0v) is 10.7. The van der Waals surface area contributed by atoms with Gasteiger partial charge in [-0.3, -0.25) is 0 Å². The van der Waals surface area contributed by atoms with Gasteiger partial charge in [-0.2, -0.15) is 0 Å². The van der Waals surface area contributed by atoms with Gasteiger partial charge in [-0.05, 0) is 31.2 Å². The van der Waals surface area contributed by atoms with E-state index in [9.17, 15) is 8.78 Å². The Balaban J connectivity index is 2.41. The van der Waals surface area contributed by atoms with Gasteiger partial charge in [0.25, 0.3) is 0 Å². The maximum absolute atomic E-state index is 13.7. The summed E-state index contributed by atoms with van der Waals surface area (Å²) in [5, 5.41) is 0. The van der Waals surface area contributed by atoms with Crippen LogP contribution in [0.25, 0.3) is 0 Å². The Bertz CT molecular complexity index is 555. The highest BCUT2D eigenvalue weighted by molar-refractivity contribution is 7.99. The van der Waals surface area contributed by atoms with Crippen LogP contribution in [0.15, 0.2) is 52.3 Å². The Morgan fingerprint density at radius 1 is 0.944 bits per heavy atom. The van der Waals surface area contributed by atoms with Crippen LogP contribution in [0.4, 0.5) is 8.78 Å². The molecule has 0 spiro atoms. The van der Waals surface area contributed by atoms with Crippen LogP contribution < -0.4 is 5.73 Å². The summed E-state index contributed by atoms with van der Waals surface area (Å²) in [6.45, 7) is 1.71. The molecular weight excluding hydrogens is 252 g/mol. The molecule has 2 aromatic carbocycles. The third kappa shape index (κ3) is 2.71. The molecule has 0 aromatic heterocycles. The van der Waals surface area contributed by atoms with Gasteiger partial charge >= 0.3 is 0 Å². The van der Waals surface area contributed by atoms with Crippen LogP contribution in [0, 0.1) is 11.6 Å². The van der Waals surface area contributed by atoms with Gasteiger partial charge in [0, 0.05) is 21.4 Å². The van der Waals surface area contributed by atoms with Gasteiger partial charge in [-0.15, -0.1) is 0 Å². The third-order valence-corrected chi connectivity index (χ3v) is 3.65. The minimum Gasteiger partial charge on any atom is -0.324 e. The first-order valence-electron chi connectivity index (χ1n) is 5.56. The quantitative estimate of drug-likeness (QED) is 0.902. The normalized spacial score (nSPS) is 12.4. The van der Waals surface area contributed by atoms with Crippen molar-refractivity contribution in [3.8, 4) is 0 Å². The highest BCUT2D eigenvalue weighted by atomic mass is 32.2. The molecule has 0 aliphatic rings. The van der Waals surface area contributed by atoms with Crippen molar-refractivity contribution in [3.05, 3.63) is 59.7 Å². The third-order valence-electron chi connectivity index (χ3n) is 2.52. The van der Waals surface area contributed by atoms with Crippen LogP contribution in [-0.2, 0) is 0 Å². The Labute approximate surface area is 109 Å². The van der Waals surface area contributed by atoms with E-state index >= 15 is 0 Å². The lowest BCUT2D eigenvalue weighted by Crippen LogP contribution is -2.09. The standard InChI is InChI=1S/C14H13F2NS/c1-9(17)14-11(16)6-4-8-13(14)18-12-7-3-2-5-10(12)15/h2-9H,17H2,1H3/t9-/m0/s1. The Morgan fingerprint density at radius 2 is 1.56 bits per heavy atom. The van der Waals surface area contributed by atoms with Crippen molar-refractivity contribution in [2.75, 3.05) is 0 Å². The Morgan fingerprint density at radius 3 is 2.22 bits per heavy atom. The molecule has 1 atom stereocenters. The van der Waals surface area contributed by atoms with E-state index in [1.807, 2.05) is 0 Å². The van der Waals surface area contributed by atoms with Crippen molar-refractivity contribution in [3.63, 3.8) is 0 Å².